The molecule has 0 atom stereocenters. The molecule has 1 fully saturated rings. The summed E-state index contributed by atoms with van der Waals surface area (Å²) in [6.45, 7) is 5.31. The molecule has 0 spiro atoms. The molecule has 0 aromatic heterocycles. The van der Waals surface area contributed by atoms with Crippen LogP contribution in [0.1, 0.15) is 50.7 Å². The third-order valence-electron chi connectivity index (χ3n) is 3.77. The maximum absolute atomic E-state index is 12.0. The van der Waals surface area contributed by atoms with Crippen molar-refractivity contribution in [3.63, 3.8) is 0 Å². The first-order chi connectivity index (χ1) is 9.65. The molecule has 0 unspecified atom stereocenters. The lowest BCUT2D eigenvalue weighted by Crippen LogP contribution is -2.28. The average Bonchev–Trinajstić information content (AvgIpc) is 2.97. The van der Waals surface area contributed by atoms with Crippen molar-refractivity contribution in [2.75, 3.05) is 0 Å². The van der Waals surface area contributed by atoms with E-state index in [2.05, 4.69) is 17.4 Å². The molecule has 1 aliphatic rings. The number of carbonyl (C=O) groups excluding carboxylic acids is 1. The largest absolute Gasteiger partial charge is 0.374 e. The summed E-state index contributed by atoms with van der Waals surface area (Å²) in [7, 11) is 0. The molecule has 3 heteroatoms. The molecule has 3 nitrogen and oxygen atoms in total. The molecule has 0 heterocycles. The van der Waals surface area contributed by atoms with Crippen LogP contribution < -0.4 is 5.32 Å². The molecule has 1 N–H and O–H groups in total. The second-order valence-corrected chi connectivity index (χ2v) is 5.88. The van der Waals surface area contributed by atoms with E-state index in [0.717, 1.165) is 24.0 Å². The molecule has 2 rings (SSSR count). The van der Waals surface area contributed by atoms with Gasteiger partial charge in [0.25, 0.3) is 0 Å². The molecule has 1 aromatic rings. The molecule has 0 aliphatic heterocycles. The van der Waals surface area contributed by atoms with Gasteiger partial charge in [-0.05, 0) is 37.8 Å². The smallest absolute Gasteiger partial charge is 0.223 e. The maximum Gasteiger partial charge on any atom is 0.223 e. The first-order valence-electron chi connectivity index (χ1n) is 7.62. The number of benzene rings is 1. The van der Waals surface area contributed by atoms with E-state index in [4.69, 9.17) is 4.74 Å². The Morgan fingerprint density at radius 1 is 1.30 bits per heavy atom. The fraction of sp³-hybridized carbons (Fsp3) is 0.588. The zero-order chi connectivity index (χ0) is 14.4. The Bertz CT molecular complexity index is 436. The van der Waals surface area contributed by atoms with Gasteiger partial charge < -0.3 is 10.1 Å². The average molecular weight is 275 g/mol. The maximum atomic E-state index is 12.0. The minimum atomic E-state index is 0.214. The van der Waals surface area contributed by atoms with E-state index >= 15 is 0 Å². The second kappa shape index (κ2) is 7.44. The van der Waals surface area contributed by atoms with Crippen molar-refractivity contribution in [2.45, 2.75) is 58.8 Å². The quantitative estimate of drug-likeness (QED) is 0.864. The van der Waals surface area contributed by atoms with Gasteiger partial charge >= 0.3 is 0 Å². The van der Waals surface area contributed by atoms with Gasteiger partial charge in [-0.1, -0.05) is 37.1 Å². The van der Waals surface area contributed by atoms with Crippen LogP contribution in [0.2, 0.25) is 0 Å². The Balaban J connectivity index is 1.82. The highest BCUT2D eigenvalue weighted by molar-refractivity contribution is 5.78. The van der Waals surface area contributed by atoms with Crippen LogP contribution in [0.4, 0.5) is 0 Å². The first kappa shape index (κ1) is 15.0. The Morgan fingerprint density at radius 3 is 2.70 bits per heavy atom. The number of hydrogen-bond donors (Lipinski definition) is 1. The van der Waals surface area contributed by atoms with Crippen LogP contribution in [0.3, 0.4) is 0 Å². The Hall–Kier alpha value is -1.35. The number of nitrogens with one attached hydrogen (secondary N) is 1. The van der Waals surface area contributed by atoms with Crippen molar-refractivity contribution >= 4 is 5.91 Å². The van der Waals surface area contributed by atoms with Crippen LogP contribution in [0.15, 0.2) is 24.3 Å². The van der Waals surface area contributed by atoms with Crippen molar-refractivity contribution in [2.24, 2.45) is 5.92 Å². The molecule has 1 aliphatic carbocycles. The summed E-state index contributed by atoms with van der Waals surface area (Å²) in [5.74, 6) is 0.453. The number of rotatable bonds is 6. The fourth-order valence-electron chi connectivity index (χ4n) is 2.61. The second-order valence-electron chi connectivity index (χ2n) is 5.88. The third-order valence-corrected chi connectivity index (χ3v) is 3.77. The molecule has 110 valence electrons. The standard InChI is InChI=1S/C17H25NO2/c1-13(2)20-12-15-7-5-6-14(10-15)11-18-17(19)16-8-3-4-9-16/h5-7,10,13,16H,3-4,8-9,11-12H2,1-2H3,(H,18,19). The lowest BCUT2D eigenvalue weighted by Gasteiger charge is -2.12. The van der Waals surface area contributed by atoms with E-state index in [9.17, 15) is 4.79 Å². The van der Waals surface area contributed by atoms with Gasteiger partial charge in [0, 0.05) is 12.5 Å². The number of amides is 1. The lowest BCUT2D eigenvalue weighted by atomic mass is 10.1. The van der Waals surface area contributed by atoms with E-state index in [-0.39, 0.29) is 17.9 Å². The summed E-state index contributed by atoms with van der Waals surface area (Å²) in [6, 6.07) is 8.24. The number of carbonyl (C=O) groups is 1. The highest BCUT2D eigenvalue weighted by atomic mass is 16.5. The van der Waals surface area contributed by atoms with Gasteiger partial charge in [-0.25, -0.2) is 0 Å². The minimum Gasteiger partial charge on any atom is -0.374 e. The van der Waals surface area contributed by atoms with Gasteiger partial charge in [0.15, 0.2) is 0 Å². The zero-order valence-corrected chi connectivity index (χ0v) is 12.5. The van der Waals surface area contributed by atoms with E-state index in [0.29, 0.717) is 13.2 Å². The van der Waals surface area contributed by atoms with Crippen molar-refractivity contribution in [3.8, 4) is 0 Å². The Labute approximate surface area is 121 Å². The Kier molecular flexibility index (Phi) is 5.60. The van der Waals surface area contributed by atoms with Crippen LogP contribution in [-0.2, 0) is 22.7 Å². The molecule has 0 radical (unpaired) electrons. The summed E-state index contributed by atoms with van der Waals surface area (Å²) in [4.78, 5) is 12.0. The molecular weight excluding hydrogens is 250 g/mol. The number of hydrogen-bond acceptors (Lipinski definition) is 2. The summed E-state index contributed by atoms with van der Waals surface area (Å²) in [6.07, 6.45) is 4.73. The third kappa shape index (κ3) is 4.64. The summed E-state index contributed by atoms with van der Waals surface area (Å²) < 4.78 is 5.60. The summed E-state index contributed by atoms with van der Waals surface area (Å²) in [5.41, 5.74) is 2.30. The molecule has 1 aromatic carbocycles. The van der Waals surface area contributed by atoms with Gasteiger partial charge in [-0.15, -0.1) is 0 Å². The molecule has 1 saturated carbocycles. The summed E-state index contributed by atoms with van der Waals surface area (Å²) in [5, 5.41) is 3.05. The van der Waals surface area contributed by atoms with Crippen molar-refractivity contribution in [1.29, 1.82) is 0 Å². The van der Waals surface area contributed by atoms with Crippen LogP contribution >= 0.6 is 0 Å². The highest BCUT2D eigenvalue weighted by Gasteiger charge is 2.21. The summed E-state index contributed by atoms with van der Waals surface area (Å²) >= 11 is 0. The van der Waals surface area contributed by atoms with Crippen molar-refractivity contribution in [3.05, 3.63) is 35.4 Å². The normalized spacial score (nSPS) is 15.8. The molecule has 20 heavy (non-hydrogen) atoms. The molecule has 1 amide bonds. The number of ether oxygens (including phenoxy) is 1. The molecule has 0 bridgehead atoms. The predicted octanol–water partition coefficient (Wildman–Crippen LogP) is 3.42. The zero-order valence-electron chi connectivity index (χ0n) is 12.5. The predicted molar refractivity (Wildman–Crippen MR) is 80.2 cm³/mol. The van der Waals surface area contributed by atoms with Crippen molar-refractivity contribution in [1.82, 2.24) is 5.32 Å². The fourth-order valence-corrected chi connectivity index (χ4v) is 2.61. The van der Waals surface area contributed by atoms with Crippen LogP contribution in [-0.4, -0.2) is 12.0 Å². The monoisotopic (exact) mass is 275 g/mol. The van der Waals surface area contributed by atoms with E-state index in [1.165, 1.54) is 12.8 Å². The lowest BCUT2D eigenvalue weighted by molar-refractivity contribution is -0.124. The van der Waals surface area contributed by atoms with Crippen LogP contribution in [0.25, 0.3) is 0 Å². The first-order valence-corrected chi connectivity index (χ1v) is 7.62. The van der Waals surface area contributed by atoms with Gasteiger partial charge in [-0.3, -0.25) is 4.79 Å². The highest BCUT2D eigenvalue weighted by Crippen LogP contribution is 2.24. The van der Waals surface area contributed by atoms with E-state index < -0.39 is 0 Å². The van der Waals surface area contributed by atoms with Crippen molar-refractivity contribution < 1.29 is 9.53 Å². The van der Waals surface area contributed by atoms with E-state index in [1.807, 2.05) is 26.0 Å². The van der Waals surface area contributed by atoms with Gasteiger partial charge in [0.1, 0.15) is 0 Å². The minimum absolute atomic E-state index is 0.214. The van der Waals surface area contributed by atoms with E-state index in [1.54, 1.807) is 0 Å². The van der Waals surface area contributed by atoms with Gasteiger partial charge in [0.2, 0.25) is 5.91 Å². The van der Waals surface area contributed by atoms with Crippen LogP contribution in [0, 0.1) is 5.92 Å². The SMILES string of the molecule is CC(C)OCc1cccc(CNC(=O)C2CCCC2)c1. The Morgan fingerprint density at radius 2 is 2.00 bits per heavy atom. The van der Waals surface area contributed by atoms with Gasteiger partial charge in [-0.2, -0.15) is 0 Å². The molecule has 0 saturated heterocycles. The van der Waals surface area contributed by atoms with Gasteiger partial charge in [0.05, 0.1) is 12.7 Å². The topological polar surface area (TPSA) is 38.3 Å². The molecular formula is C17H25NO2. The van der Waals surface area contributed by atoms with Crippen LogP contribution in [0.5, 0.6) is 0 Å².